The smallest absolute Gasteiger partial charge is 0.0641 e. The first-order chi connectivity index (χ1) is 36.8. The highest BCUT2D eigenvalue weighted by Gasteiger charge is 2.33. The zero-order chi connectivity index (χ0) is 51.5. The second-order valence-corrected chi connectivity index (χ2v) is 25.1. The second-order valence-electron chi connectivity index (χ2n) is 25.1. The summed E-state index contributed by atoms with van der Waals surface area (Å²) in [7, 11) is 0. The molecular weight excluding hydrogens is 921 g/mol. The Morgan fingerprint density at radius 3 is 1.46 bits per heavy atom. The van der Waals surface area contributed by atoms with Crippen molar-refractivity contribution in [3.63, 3.8) is 0 Å². The number of aryl methyl sites for hydroxylation is 4. The van der Waals surface area contributed by atoms with Crippen molar-refractivity contribution in [1.82, 2.24) is 8.80 Å². The summed E-state index contributed by atoms with van der Waals surface area (Å²) in [4.78, 5) is 5.20. The average molecular weight is 989 g/mol. The SMILES string of the molecule is Cc1ccc(N(C2=CC3=C(CCCC3)CC2)c2ccc3c4cc5c(cc4n4c6c(C(C)(C)C)cccc6c2c34)c2ccc(N(c3ccc(C)cc3)c3ccc4c(c3)CCCC4)c3c4cccc(C(C)(C)C)c4n5c23)cc1. The molecule has 0 radical (unpaired) electrons. The van der Waals surface area contributed by atoms with Crippen molar-refractivity contribution >= 4 is 105 Å². The monoisotopic (exact) mass is 989 g/mol. The van der Waals surface area contributed by atoms with E-state index < -0.39 is 0 Å². The zero-order valence-electron chi connectivity index (χ0n) is 45.7. The maximum absolute atomic E-state index is 2.69. The maximum Gasteiger partial charge on any atom is 0.0641 e. The molecule has 376 valence electrons. The van der Waals surface area contributed by atoms with Gasteiger partial charge in [0.25, 0.3) is 0 Å². The first-order valence-corrected chi connectivity index (χ1v) is 28.5. The Bertz CT molecular complexity index is 4420. The van der Waals surface area contributed by atoms with Crippen LogP contribution < -0.4 is 9.80 Å². The van der Waals surface area contributed by atoms with Crippen LogP contribution in [0.2, 0.25) is 0 Å². The van der Waals surface area contributed by atoms with Gasteiger partial charge in [-0.3, -0.25) is 0 Å². The van der Waals surface area contributed by atoms with Gasteiger partial charge in [-0.25, -0.2) is 0 Å². The molecule has 0 spiro atoms. The van der Waals surface area contributed by atoms with E-state index in [0.717, 1.165) is 19.3 Å². The molecule has 0 saturated heterocycles. The van der Waals surface area contributed by atoms with E-state index >= 15 is 0 Å². The highest BCUT2D eigenvalue weighted by molar-refractivity contribution is 6.32. The van der Waals surface area contributed by atoms with Crippen molar-refractivity contribution in [1.29, 1.82) is 0 Å². The second kappa shape index (κ2) is 16.5. The molecule has 15 rings (SSSR count). The lowest BCUT2D eigenvalue weighted by molar-refractivity contribution is 0.594. The lowest BCUT2D eigenvalue weighted by atomic mass is 9.84. The fourth-order valence-electron chi connectivity index (χ4n) is 14.5. The Morgan fingerprint density at radius 2 is 0.895 bits per heavy atom. The van der Waals surface area contributed by atoms with Gasteiger partial charge in [-0.1, -0.05) is 137 Å². The number of rotatable bonds is 6. The first-order valence-electron chi connectivity index (χ1n) is 28.5. The van der Waals surface area contributed by atoms with Crippen LogP contribution in [0.3, 0.4) is 0 Å². The number of allylic oxidation sites excluding steroid dienone is 4. The fourth-order valence-corrected chi connectivity index (χ4v) is 14.5. The zero-order valence-corrected chi connectivity index (χ0v) is 45.7. The standard InChI is InChI=1S/C72H68N4/c1-43-23-29-49(30-24-43)73(51-33-27-45-15-9-11-17-47(45)39-51)61-37-35-53-57-41-64-58(42-63(57)75-67-55(65(61)69(53)75)19-13-21-59(67)71(3,4)5)54-36-38-62(66-56-20-14-22-60(72(6,7)8)68(56)76(64)70(54)66)74(50-31-25-44(2)26-32-50)52-34-28-46-16-10-12-18-48(46)40-52/h13-14,19-27,29-33,35-42H,9-12,15-18,28,34H2,1-8H3. The minimum absolute atomic E-state index is 0.0937. The Hall–Kier alpha value is -7.56. The Balaban J connectivity index is 1.06. The van der Waals surface area contributed by atoms with Gasteiger partial charge in [0, 0.05) is 65.8 Å². The van der Waals surface area contributed by atoms with Crippen LogP contribution in [0.25, 0.3) is 76.2 Å². The lowest BCUT2D eigenvalue weighted by Gasteiger charge is -2.33. The topological polar surface area (TPSA) is 15.3 Å². The summed E-state index contributed by atoms with van der Waals surface area (Å²) in [6.45, 7) is 18.7. The Labute approximate surface area is 447 Å². The number of anilines is 5. The number of hydrogen-bond donors (Lipinski definition) is 0. The quantitative estimate of drug-likeness (QED) is 0.165. The molecule has 0 aliphatic heterocycles. The number of hydrogen-bond acceptors (Lipinski definition) is 2. The van der Waals surface area contributed by atoms with E-state index in [0.29, 0.717) is 0 Å². The van der Waals surface area contributed by atoms with Crippen LogP contribution in [0.4, 0.5) is 28.4 Å². The molecule has 3 aliphatic rings. The van der Waals surface area contributed by atoms with E-state index in [2.05, 4.69) is 220 Å². The molecule has 76 heavy (non-hydrogen) atoms. The van der Waals surface area contributed by atoms with Gasteiger partial charge in [-0.15, -0.1) is 0 Å². The molecule has 4 heteroatoms. The highest BCUT2D eigenvalue weighted by Crippen LogP contribution is 2.53. The van der Waals surface area contributed by atoms with Gasteiger partial charge in [0.2, 0.25) is 0 Å². The summed E-state index contributed by atoms with van der Waals surface area (Å²) in [5, 5.41) is 10.5. The molecule has 8 aromatic carbocycles. The number of benzene rings is 8. The number of para-hydroxylation sites is 2. The van der Waals surface area contributed by atoms with Crippen molar-refractivity contribution in [2.75, 3.05) is 9.80 Å². The third-order valence-corrected chi connectivity index (χ3v) is 18.2. The lowest BCUT2D eigenvalue weighted by Crippen LogP contribution is -2.20. The third-order valence-electron chi connectivity index (χ3n) is 18.2. The van der Waals surface area contributed by atoms with Crippen molar-refractivity contribution in [3.8, 4) is 0 Å². The van der Waals surface area contributed by atoms with E-state index in [1.807, 2.05) is 0 Å². The van der Waals surface area contributed by atoms with Crippen LogP contribution in [-0.2, 0) is 23.7 Å². The highest BCUT2D eigenvalue weighted by atomic mass is 15.2. The van der Waals surface area contributed by atoms with Crippen LogP contribution >= 0.6 is 0 Å². The number of aromatic nitrogens is 2. The summed E-state index contributed by atoms with van der Waals surface area (Å²) < 4.78 is 5.37. The fraction of sp³-hybridized carbons (Fsp3) is 0.278. The molecule has 3 aliphatic carbocycles. The summed E-state index contributed by atoms with van der Waals surface area (Å²) in [5.41, 5.74) is 26.7. The van der Waals surface area contributed by atoms with E-state index in [1.54, 1.807) is 11.1 Å². The van der Waals surface area contributed by atoms with E-state index in [1.165, 1.54) is 189 Å². The first kappa shape index (κ1) is 45.8. The maximum atomic E-state index is 2.69. The molecule has 0 fully saturated rings. The predicted molar refractivity (Wildman–Crippen MR) is 325 cm³/mol. The van der Waals surface area contributed by atoms with Gasteiger partial charge in [0.15, 0.2) is 0 Å². The molecule has 0 bridgehead atoms. The van der Waals surface area contributed by atoms with E-state index in [4.69, 9.17) is 0 Å². The van der Waals surface area contributed by atoms with Crippen LogP contribution in [0.15, 0.2) is 162 Å². The van der Waals surface area contributed by atoms with E-state index in [-0.39, 0.29) is 10.8 Å². The summed E-state index contributed by atoms with van der Waals surface area (Å²) in [6.07, 6.45) is 14.7. The minimum Gasteiger partial charge on any atom is -0.314 e. The summed E-state index contributed by atoms with van der Waals surface area (Å²) in [6, 6.07) is 55.0. The average Bonchev–Trinajstić information content (AvgIpc) is 4.35. The molecule has 0 N–H and O–H groups in total. The number of fused-ring (bicyclic) bond motifs is 13. The molecular formula is C72H68N4. The van der Waals surface area contributed by atoms with Gasteiger partial charge < -0.3 is 18.6 Å². The van der Waals surface area contributed by atoms with Crippen LogP contribution in [0, 0.1) is 13.8 Å². The summed E-state index contributed by atoms with van der Waals surface area (Å²) in [5.74, 6) is 0. The van der Waals surface area contributed by atoms with Gasteiger partial charge in [0.05, 0.1) is 44.5 Å². The van der Waals surface area contributed by atoms with E-state index in [9.17, 15) is 0 Å². The van der Waals surface area contributed by atoms with Crippen LogP contribution in [0.1, 0.15) is 126 Å². The van der Waals surface area contributed by atoms with Crippen LogP contribution in [0.5, 0.6) is 0 Å². The summed E-state index contributed by atoms with van der Waals surface area (Å²) >= 11 is 0. The molecule has 0 amide bonds. The largest absolute Gasteiger partial charge is 0.314 e. The molecule has 4 aromatic heterocycles. The molecule has 0 saturated carbocycles. The minimum atomic E-state index is -0.100. The van der Waals surface area contributed by atoms with Crippen molar-refractivity contribution in [3.05, 3.63) is 196 Å². The predicted octanol–water partition coefficient (Wildman–Crippen LogP) is 20.2. The van der Waals surface area contributed by atoms with Gasteiger partial charge in [-0.05, 0) is 183 Å². The Morgan fingerprint density at radius 1 is 0.395 bits per heavy atom. The molecule has 4 nitrogen and oxygen atoms in total. The van der Waals surface area contributed by atoms with Crippen molar-refractivity contribution in [2.24, 2.45) is 0 Å². The van der Waals surface area contributed by atoms with Gasteiger partial charge in [-0.2, -0.15) is 0 Å². The molecule has 4 heterocycles. The molecule has 12 aromatic rings. The number of nitrogens with zero attached hydrogens (tertiary/aromatic N) is 4. The van der Waals surface area contributed by atoms with Gasteiger partial charge >= 0.3 is 0 Å². The Kier molecular flexibility index (Phi) is 9.93. The van der Waals surface area contributed by atoms with Crippen molar-refractivity contribution < 1.29 is 0 Å². The van der Waals surface area contributed by atoms with Crippen LogP contribution in [-0.4, -0.2) is 8.80 Å². The molecule has 0 atom stereocenters. The van der Waals surface area contributed by atoms with Gasteiger partial charge in [0.1, 0.15) is 0 Å². The van der Waals surface area contributed by atoms with Crippen molar-refractivity contribution in [2.45, 2.75) is 130 Å². The third kappa shape index (κ3) is 6.68. The normalized spacial score (nSPS) is 15.7. The molecule has 0 unspecified atom stereocenters.